The highest BCUT2D eigenvalue weighted by Crippen LogP contribution is 2.10. The molecule has 7 nitrogen and oxygen atoms in total. The average Bonchev–Trinajstić information content (AvgIpc) is 1.94. The molecule has 17 heavy (non-hydrogen) atoms. The number of nitrogens with one attached hydrogen (secondary N) is 1. The van der Waals surface area contributed by atoms with Crippen LogP contribution in [0.5, 0.6) is 0 Å². The second-order valence-electron chi connectivity index (χ2n) is 4.51. The van der Waals surface area contributed by atoms with Crippen LogP contribution in [0.2, 0.25) is 0 Å². The van der Waals surface area contributed by atoms with E-state index in [1.54, 1.807) is 0 Å². The maximum absolute atomic E-state index is 11.5. The van der Waals surface area contributed by atoms with E-state index >= 15 is 0 Å². The van der Waals surface area contributed by atoms with Gasteiger partial charge in [-0.3, -0.25) is 4.79 Å². The lowest BCUT2D eigenvalue weighted by molar-refractivity contribution is -0.138. The van der Waals surface area contributed by atoms with E-state index < -0.39 is 42.9 Å². The van der Waals surface area contributed by atoms with E-state index in [0.717, 1.165) is 6.26 Å². The number of carbonyl (C=O) groups is 1. The minimum atomic E-state index is -3.81. The van der Waals surface area contributed by atoms with Crippen LogP contribution in [-0.2, 0) is 24.7 Å². The van der Waals surface area contributed by atoms with Gasteiger partial charge in [0.15, 0.2) is 0 Å². The van der Waals surface area contributed by atoms with E-state index in [1.807, 2.05) is 0 Å². The summed E-state index contributed by atoms with van der Waals surface area (Å²) >= 11 is 0. The molecule has 0 bridgehead atoms. The van der Waals surface area contributed by atoms with Gasteiger partial charge in [-0.25, -0.2) is 21.6 Å². The van der Waals surface area contributed by atoms with Gasteiger partial charge in [-0.1, -0.05) is 0 Å². The van der Waals surface area contributed by atoms with Gasteiger partial charge in [0.25, 0.3) is 0 Å². The third-order valence-electron chi connectivity index (χ3n) is 1.75. The van der Waals surface area contributed by atoms with E-state index in [4.69, 9.17) is 5.11 Å². The first kappa shape index (κ1) is 16.3. The van der Waals surface area contributed by atoms with Crippen molar-refractivity contribution in [3.63, 3.8) is 0 Å². The SMILES string of the molecule is CC(C)(CC(=O)O)NS(=O)(=O)CCS(C)(=O)=O. The molecule has 0 amide bonds. The molecule has 0 atom stereocenters. The van der Waals surface area contributed by atoms with Gasteiger partial charge in [0.05, 0.1) is 17.9 Å². The molecular formula is C8H17NO6S2. The first-order chi connectivity index (χ1) is 7.33. The van der Waals surface area contributed by atoms with Crippen molar-refractivity contribution in [1.29, 1.82) is 0 Å². The smallest absolute Gasteiger partial charge is 0.305 e. The molecule has 9 heteroatoms. The highest BCUT2D eigenvalue weighted by Gasteiger charge is 2.27. The number of sulfonamides is 1. The molecule has 0 spiro atoms. The van der Waals surface area contributed by atoms with Crippen LogP contribution in [0.15, 0.2) is 0 Å². The van der Waals surface area contributed by atoms with Crippen LogP contribution in [0.25, 0.3) is 0 Å². The second-order valence-corrected chi connectivity index (χ2v) is 8.61. The quantitative estimate of drug-likeness (QED) is 0.633. The summed E-state index contributed by atoms with van der Waals surface area (Å²) in [6, 6.07) is 0. The van der Waals surface area contributed by atoms with Gasteiger partial charge < -0.3 is 5.11 Å². The number of hydrogen-bond acceptors (Lipinski definition) is 5. The largest absolute Gasteiger partial charge is 0.481 e. The predicted molar refractivity (Wildman–Crippen MR) is 63.0 cm³/mol. The van der Waals surface area contributed by atoms with Gasteiger partial charge in [-0.05, 0) is 13.8 Å². The molecule has 0 aliphatic heterocycles. The van der Waals surface area contributed by atoms with Gasteiger partial charge in [-0.2, -0.15) is 0 Å². The molecule has 0 heterocycles. The molecule has 0 aromatic rings. The summed E-state index contributed by atoms with van der Waals surface area (Å²) in [6.07, 6.45) is 0.552. The molecule has 0 rings (SSSR count). The molecule has 0 saturated carbocycles. The highest BCUT2D eigenvalue weighted by atomic mass is 32.2. The minimum absolute atomic E-state index is 0.384. The molecule has 2 N–H and O–H groups in total. The third-order valence-corrected chi connectivity index (χ3v) is 4.56. The molecule has 0 aromatic carbocycles. The Morgan fingerprint density at radius 3 is 2.00 bits per heavy atom. The zero-order valence-electron chi connectivity index (χ0n) is 9.93. The molecule has 0 aromatic heterocycles. The fourth-order valence-electron chi connectivity index (χ4n) is 1.15. The van der Waals surface area contributed by atoms with Crippen LogP contribution in [0, 0.1) is 0 Å². The van der Waals surface area contributed by atoms with Gasteiger partial charge in [0.1, 0.15) is 9.84 Å². The Balaban J connectivity index is 4.60. The van der Waals surface area contributed by atoms with Gasteiger partial charge in [0.2, 0.25) is 10.0 Å². The summed E-state index contributed by atoms with van der Waals surface area (Å²) < 4.78 is 46.8. The Labute approximate surface area is 101 Å². The van der Waals surface area contributed by atoms with Gasteiger partial charge in [-0.15, -0.1) is 0 Å². The lowest BCUT2D eigenvalue weighted by atomic mass is 10.0. The fourth-order valence-corrected chi connectivity index (χ4v) is 4.25. The molecular weight excluding hydrogens is 270 g/mol. The zero-order valence-corrected chi connectivity index (χ0v) is 11.6. The minimum Gasteiger partial charge on any atom is -0.481 e. The van der Waals surface area contributed by atoms with E-state index in [2.05, 4.69) is 4.72 Å². The van der Waals surface area contributed by atoms with Crippen molar-refractivity contribution in [2.24, 2.45) is 0 Å². The topological polar surface area (TPSA) is 118 Å². The van der Waals surface area contributed by atoms with Gasteiger partial charge >= 0.3 is 5.97 Å². The van der Waals surface area contributed by atoms with E-state index in [0.29, 0.717) is 0 Å². The zero-order chi connectivity index (χ0) is 13.9. The van der Waals surface area contributed by atoms with Crippen molar-refractivity contribution in [2.75, 3.05) is 17.8 Å². The Bertz CT molecular complexity index is 476. The standard InChI is InChI=1S/C8H17NO6S2/c1-8(2,6-7(10)11)9-17(14,15)5-4-16(3,12)13/h9H,4-6H2,1-3H3,(H,10,11). The van der Waals surface area contributed by atoms with E-state index in [9.17, 15) is 21.6 Å². The summed E-state index contributed by atoms with van der Waals surface area (Å²) in [7, 11) is -7.18. The Morgan fingerprint density at radius 2 is 1.65 bits per heavy atom. The Morgan fingerprint density at radius 1 is 1.18 bits per heavy atom. The molecule has 0 aliphatic carbocycles. The van der Waals surface area contributed by atoms with Crippen molar-refractivity contribution in [3.05, 3.63) is 0 Å². The molecule has 0 radical (unpaired) electrons. The van der Waals surface area contributed by atoms with Crippen molar-refractivity contribution in [2.45, 2.75) is 25.8 Å². The number of carboxylic acids is 1. The molecule has 102 valence electrons. The van der Waals surface area contributed by atoms with E-state index in [-0.39, 0.29) is 6.42 Å². The maximum Gasteiger partial charge on any atom is 0.305 e. The normalized spacial score (nSPS) is 13.6. The van der Waals surface area contributed by atoms with Crippen molar-refractivity contribution >= 4 is 25.8 Å². The maximum atomic E-state index is 11.5. The fraction of sp³-hybridized carbons (Fsp3) is 0.875. The summed E-state index contributed by atoms with van der Waals surface area (Å²) in [4.78, 5) is 10.5. The lowest BCUT2D eigenvalue weighted by Crippen LogP contribution is -2.46. The summed E-state index contributed by atoms with van der Waals surface area (Å²) in [5.41, 5.74) is -1.15. The lowest BCUT2D eigenvalue weighted by Gasteiger charge is -2.23. The van der Waals surface area contributed by atoms with Crippen molar-refractivity contribution < 1.29 is 26.7 Å². The van der Waals surface area contributed by atoms with Crippen LogP contribution in [0.3, 0.4) is 0 Å². The number of carboxylic acid groups (broad SMARTS) is 1. The van der Waals surface area contributed by atoms with E-state index in [1.165, 1.54) is 13.8 Å². The molecule has 0 aliphatic rings. The molecule has 0 fully saturated rings. The van der Waals surface area contributed by atoms with Crippen LogP contribution in [-0.4, -0.2) is 51.2 Å². The highest BCUT2D eigenvalue weighted by molar-refractivity contribution is 7.93. The summed E-state index contributed by atoms with van der Waals surface area (Å²) in [5, 5.41) is 8.57. The predicted octanol–water partition coefficient (Wildman–Crippen LogP) is -0.796. The van der Waals surface area contributed by atoms with Crippen molar-refractivity contribution in [3.8, 4) is 0 Å². The van der Waals surface area contributed by atoms with Crippen LogP contribution in [0.4, 0.5) is 0 Å². The first-order valence-electron chi connectivity index (χ1n) is 4.74. The second kappa shape index (κ2) is 5.32. The molecule has 0 unspecified atom stereocenters. The first-order valence-corrected chi connectivity index (χ1v) is 8.45. The number of hydrogen-bond donors (Lipinski definition) is 2. The summed E-state index contributed by atoms with van der Waals surface area (Å²) in [5.74, 6) is -2.21. The molecule has 0 saturated heterocycles. The number of sulfone groups is 1. The third kappa shape index (κ3) is 9.07. The van der Waals surface area contributed by atoms with Gasteiger partial charge in [0, 0.05) is 11.8 Å². The van der Waals surface area contributed by atoms with Crippen LogP contribution >= 0.6 is 0 Å². The Hall–Kier alpha value is -0.670. The van der Waals surface area contributed by atoms with Crippen LogP contribution < -0.4 is 4.72 Å². The summed E-state index contributed by atoms with van der Waals surface area (Å²) in [6.45, 7) is 2.83. The number of aliphatic carboxylic acids is 1. The van der Waals surface area contributed by atoms with Crippen LogP contribution in [0.1, 0.15) is 20.3 Å². The Kier molecular flexibility index (Phi) is 5.11. The monoisotopic (exact) mass is 287 g/mol. The van der Waals surface area contributed by atoms with Crippen molar-refractivity contribution in [1.82, 2.24) is 4.72 Å². The average molecular weight is 287 g/mol. The number of rotatable bonds is 7.